The fourth-order valence-electron chi connectivity index (χ4n) is 1.49. The molecule has 0 bridgehead atoms. The molecule has 4 heteroatoms. The predicted molar refractivity (Wildman–Crippen MR) is 65.7 cm³/mol. The zero-order valence-electron chi connectivity index (χ0n) is 8.67. The van der Waals surface area contributed by atoms with Gasteiger partial charge in [-0.3, -0.25) is 0 Å². The Labute approximate surface area is 104 Å². The Balaban J connectivity index is 2.58. The van der Waals surface area contributed by atoms with Gasteiger partial charge < -0.3 is 0 Å². The average molecular weight is 252 g/mol. The Hall–Kier alpha value is -1.12. The summed E-state index contributed by atoms with van der Waals surface area (Å²) in [5.41, 5.74) is 2.73. The van der Waals surface area contributed by atoms with Crippen LogP contribution in [0.1, 0.15) is 12.5 Å². The number of halogens is 2. The molecule has 1 aromatic carbocycles. The Kier molecular flexibility index (Phi) is 3.42. The highest BCUT2D eigenvalue weighted by atomic mass is 35.5. The van der Waals surface area contributed by atoms with Crippen molar-refractivity contribution in [3.05, 3.63) is 46.3 Å². The van der Waals surface area contributed by atoms with Crippen molar-refractivity contribution >= 4 is 23.2 Å². The summed E-state index contributed by atoms with van der Waals surface area (Å²) in [7, 11) is 0. The van der Waals surface area contributed by atoms with Gasteiger partial charge in [0.05, 0.1) is 10.7 Å². The van der Waals surface area contributed by atoms with Crippen LogP contribution in [0.5, 0.6) is 0 Å². The molecule has 0 amide bonds. The minimum Gasteiger partial charge on any atom is -0.233 e. The monoisotopic (exact) mass is 251 g/mol. The van der Waals surface area contributed by atoms with E-state index in [9.17, 15) is 0 Å². The molecule has 0 spiro atoms. The van der Waals surface area contributed by atoms with Crippen molar-refractivity contribution in [1.29, 1.82) is 0 Å². The minimum atomic E-state index is 0.592. The first-order valence-electron chi connectivity index (χ1n) is 4.89. The van der Waals surface area contributed by atoms with Crippen LogP contribution in [0.2, 0.25) is 10.0 Å². The lowest BCUT2D eigenvalue weighted by Crippen LogP contribution is -1.94. The lowest BCUT2D eigenvalue weighted by Gasteiger charge is -2.07. The first-order chi connectivity index (χ1) is 7.72. The van der Waals surface area contributed by atoms with Crippen molar-refractivity contribution in [2.45, 2.75) is 13.3 Å². The van der Waals surface area contributed by atoms with Gasteiger partial charge in [0.1, 0.15) is 0 Å². The van der Waals surface area contributed by atoms with Gasteiger partial charge in [-0.25, -0.2) is 9.97 Å². The first-order valence-corrected chi connectivity index (χ1v) is 5.65. The molecule has 2 nitrogen and oxygen atoms in total. The van der Waals surface area contributed by atoms with Crippen LogP contribution in [-0.4, -0.2) is 9.97 Å². The molecule has 0 aliphatic carbocycles. The van der Waals surface area contributed by atoms with Crippen molar-refractivity contribution in [3.8, 4) is 11.3 Å². The first kappa shape index (κ1) is 11.4. The Morgan fingerprint density at radius 1 is 1.31 bits per heavy atom. The molecule has 81 valence electrons. The Bertz CT molecular complexity index is 512. The van der Waals surface area contributed by atoms with Crippen LogP contribution in [0.25, 0.3) is 11.3 Å². The van der Waals surface area contributed by atoms with Gasteiger partial charge in [-0.15, -0.1) is 0 Å². The second-order valence-electron chi connectivity index (χ2n) is 3.32. The van der Waals surface area contributed by atoms with E-state index in [4.69, 9.17) is 23.2 Å². The van der Waals surface area contributed by atoms with E-state index in [2.05, 4.69) is 16.3 Å². The van der Waals surface area contributed by atoms with Gasteiger partial charge in [-0.1, -0.05) is 30.1 Å². The maximum atomic E-state index is 6.13. The second-order valence-corrected chi connectivity index (χ2v) is 4.17. The molecular weight excluding hydrogens is 243 g/mol. The van der Waals surface area contributed by atoms with E-state index in [1.165, 1.54) is 0 Å². The second kappa shape index (κ2) is 4.81. The summed E-state index contributed by atoms with van der Waals surface area (Å²) < 4.78 is 0. The molecule has 2 rings (SSSR count). The van der Waals surface area contributed by atoms with E-state index in [0.717, 1.165) is 23.2 Å². The molecule has 1 heterocycles. The van der Waals surface area contributed by atoms with Crippen LogP contribution < -0.4 is 0 Å². The number of hydrogen-bond donors (Lipinski definition) is 0. The van der Waals surface area contributed by atoms with Gasteiger partial charge in [0.2, 0.25) is 0 Å². The molecule has 0 atom stereocenters. The van der Waals surface area contributed by atoms with Crippen molar-refractivity contribution in [2.75, 3.05) is 0 Å². The van der Waals surface area contributed by atoms with E-state index in [1.54, 1.807) is 18.3 Å². The number of aryl methyl sites for hydroxylation is 1. The highest BCUT2D eigenvalue weighted by Gasteiger charge is 2.09. The molecule has 0 fully saturated rings. The highest BCUT2D eigenvalue weighted by Crippen LogP contribution is 2.30. The molecule has 1 aromatic heterocycles. The van der Waals surface area contributed by atoms with Crippen molar-refractivity contribution in [3.63, 3.8) is 0 Å². The molecule has 0 saturated carbocycles. The zero-order chi connectivity index (χ0) is 11.5. The Morgan fingerprint density at radius 2 is 2.12 bits per heavy atom. The van der Waals surface area contributed by atoms with Gasteiger partial charge >= 0.3 is 0 Å². The molecule has 2 aromatic rings. The summed E-state index contributed by atoms with van der Waals surface area (Å²) in [6, 6.07) is 5.37. The zero-order valence-corrected chi connectivity index (χ0v) is 10.2. The molecule has 1 radical (unpaired) electrons. The van der Waals surface area contributed by atoms with E-state index >= 15 is 0 Å². The highest BCUT2D eigenvalue weighted by molar-refractivity contribution is 6.36. The summed E-state index contributed by atoms with van der Waals surface area (Å²) in [6.45, 7) is 2.05. The van der Waals surface area contributed by atoms with E-state index in [1.807, 2.05) is 13.0 Å². The third-order valence-electron chi connectivity index (χ3n) is 2.31. The topological polar surface area (TPSA) is 25.8 Å². The van der Waals surface area contributed by atoms with Crippen molar-refractivity contribution < 1.29 is 0 Å². The summed E-state index contributed by atoms with van der Waals surface area (Å²) in [6.07, 6.45) is 5.19. The van der Waals surface area contributed by atoms with Crippen LogP contribution >= 0.6 is 23.2 Å². The summed E-state index contributed by atoms with van der Waals surface area (Å²) in [5.74, 6) is 0. The number of hydrogen-bond acceptors (Lipinski definition) is 2. The van der Waals surface area contributed by atoms with Crippen molar-refractivity contribution in [1.82, 2.24) is 9.97 Å². The summed E-state index contributed by atoms with van der Waals surface area (Å²) in [5, 5.41) is 1.21. The molecule has 0 aliphatic heterocycles. The lowest BCUT2D eigenvalue weighted by molar-refractivity contribution is 1.04. The van der Waals surface area contributed by atoms with Gasteiger partial charge in [-0.05, 0) is 30.2 Å². The van der Waals surface area contributed by atoms with Gasteiger partial charge in [0, 0.05) is 16.8 Å². The van der Waals surface area contributed by atoms with Crippen LogP contribution in [0, 0.1) is 6.33 Å². The van der Waals surface area contributed by atoms with Gasteiger partial charge in [-0.2, -0.15) is 0 Å². The van der Waals surface area contributed by atoms with Crippen molar-refractivity contribution in [2.24, 2.45) is 0 Å². The van der Waals surface area contributed by atoms with E-state index in [-0.39, 0.29) is 0 Å². The maximum absolute atomic E-state index is 6.13. The smallest absolute Gasteiger partial charge is 0.198 e. The fourth-order valence-corrected chi connectivity index (χ4v) is 1.99. The van der Waals surface area contributed by atoms with Gasteiger partial charge in [0.25, 0.3) is 0 Å². The predicted octanol–water partition coefficient (Wildman–Crippen LogP) is 3.81. The quantitative estimate of drug-likeness (QED) is 0.812. The molecule has 0 aliphatic rings. The average Bonchev–Trinajstić information content (AvgIpc) is 2.29. The van der Waals surface area contributed by atoms with E-state index in [0.29, 0.717) is 10.0 Å². The fraction of sp³-hybridized carbons (Fsp3) is 0.167. The SMILES string of the molecule is CCc1cn[c]nc1-c1ccc(Cl)cc1Cl. The lowest BCUT2D eigenvalue weighted by atomic mass is 10.1. The summed E-state index contributed by atoms with van der Waals surface area (Å²) >= 11 is 12.0. The molecule has 0 N–H and O–H groups in total. The number of benzene rings is 1. The third-order valence-corrected chi connectivity index (χ3v) is 2.86. The Morgan fingerprint density at radius 3 is 2.81 bits per heavy atom. The third kappa shape index (κ3) is 2.18. The standard InChI is InChI=1S/C12H9Cl2N2/c1-2-8-6-15-7-16-12(8)10-4-3-9(13)5-11(10)14/h3-6H,2H2,1H3. The van der Waals surface area contributed by atoms with E-state index < -0.39 is 0 Å². The largest absolute Gasteiger partial charge is 0.233 e. The molecule has 0 unspecified atom stereocenters. The maximum Gasteiger partial charge on any atom is 0.198 e. The number of aromatic nitrogens is 2. The minimum absolute atomic E-state index is 0.592. The molecule has 16 heavy (non-hydrogen) atoms. The number of nitrogens with zero attached hydrogens (tertiary/aromatic N) is 2. The van der Waals surface area contributed by atoms with Gasteiger partial charge in [0.15, 0.2) is 6.33 Å². The van der Waals surface area contributed by atoms with Crippen LogP contribution in [-0.2, 0) is 6.42 Å². The van der Waals surface area contributed by atoms with Crippen LogP contribution in [0.15, 0.2) is 24.4 Å². The molecule has 0 saturated heterocycles. The normalized spacial score (nSPS) is 10.4. The number of rotatable bonds is 2. The summed E-state index contributed by atoms with van der Waals surface area (Å²) in [4.78, 5) is 8.03. The molecular formula is C12H9Cl2N2. The van der Waals surface area contributed by atoms with Crippen LogP contribution in [0.3, 0.4) is 0 Å². The van der Waals surface area contributed by atoms with Crippen LogP contribution in [0.4, 0.5) is 0 Å².